The second-order valence-electron chi connectivity index (χ2n) is 6.98. The Hall–Kier alpha value is -2.90. The van der Waals surface area contributed by atoms with E-state index in [2.05, 4.69) is 10.4 Å². The fraction of sp³-hybridized carbons (Fsp3) is 0.474. The van der Waals surface area contributed by atoms with Crippen LogP contribution in [0, 0.1) is 6.92 Å². The van der Waals surface area contributed by atoms with Crippen molar-refractivity contribution in [2.24, 2.45) is 7.05 Å². The summed E-state index contributed by atoms with van der Waals surface area (Å²) in [6, 6.07) is 2.58. The van der Waals surface area contributed by atoms with Gasteiger partial charge in [-0.2, -0.15) is 5.10 Å². The van der Waals surface area contributed by atoms with Crippen molar-refractivity contribution in [2.75, 3.05) is 13.1 Å². The molecule has 2 amide bonds. The molecule has 3 rings (SSSR count). The van der Waals surface area contributed by atoms with Gasteiger partial charge in [0.2, 0.25) is 5.91 Å². The summed E-state index contributed by atoms with van der Waals surface area (Å²) >= 11 is 0. The molecule has 0 radical (unpaired) electrons. The van der Waals surface area contributed by atoms with Crippen LogP contribution in [0.15, 0.2) is 29.3 Å². The number of nitrogens with one attached hydrogen (secondary N) is 1. The van der Waals surface area contributed by atoms with Gasteiger partial charge in [0.1, 0.15) is 6.54 Å². The minimum Gasteiger partial charge on any atom is -0.345 e. The van der Waals surface area contributed by atoms with Gasteiger partial charge in [-0.1, -0.05) is 0 Å². The minimum absolute atomic E-state index is 0.0444. The van der Waals surface area contributed by atoms with Crippen LogP contribution in [0.3, 0.4) is 0 Å². The Morgan fingerprint density at radius 2 is 1.96 bits per heavy atom. The van der Waals surface area contributed by atoms with Crippen molar-refractivity contribution < 1.29 is 9.59 Å². The molecule has 0 saturated carbocycles. The van der Waals surface area contributed by atoms with E-state index in [-0.39, 0.29) is 30.0 Å². The molecular weight excluding hydrogens is 346 g/mol. The quantitative estimate of drug-likeness (QED) is 0.849. The zero-order valence-corrected chi connectivity index (χ0v) is 15.9. The van der Waals surface area contributed by atoms with Crippen LogP contribution < -0.4 is 10.9 Å². The Kier molecular flexibility index (Phi) is 5.43. The van der Waals surface area contributed by atoms with Gasteiger partial charge in [-0.15, -0.1) is 0 Å². The number of nitrogens with zero attached hydrogens (tertiary/aromatic N) is 4. The lowest BCUT2D eigenvalue weighted by Crippen LogP contribution is -2.35. The number of aryl methyl sites for hydroxylation is 1. The Balaban J connectivity index is 1.72. The van der Waals surface area contributed by atoms with Gasteiger partial charge in [-0.05, 0) is 32.8 Å². The molecule has 0 spiro atoms. The summed E-state index contributed by atoms with van der Waals surface area (Å²) in [6.45, 7) is 5.24. The molecule has 144 valence electrons. The van der Waals surface area contributed by atoms with Crippen LogP contribution in [-0.4, -0.2) is 44.2 Å². The third kappa shape index (κ3) is 4.10. The number of amides is 2. The maximum Gasteiger partial charge on any atom is 0.253 e. The molecule has 2 aromatic rings. The average molecular weight is 371 g/mol. The molecule has 0 aliphatic carbocycles. The van der Waals surface area contributed by atoms with Crippen LogP contribution in [0.1, 0.15) is 47.4 Å². The summed E-state index contributed by atoms with van der Waals surface area (Å²) in [7, 11) is 1.85. The largest absolute Gasteiger partial charge is 0.345 e. The van der Waals surface area contributed by atoms with E-state index in [1.807, 2.05) is 20.9 Å². The highest BCUT2D eigenvalue weighted by Gasteiger charge is 2.20. The maximum absolute atomic E-state index is 12.6. The van der Waals surface area contributed by atoms with Crippen molar-refractivity contribution >= 4 is 11.8 Å². The lowest BCUT2D eigenvalue weighted by atomic mass is 10.1. The Morgan fingerprint density at radius 1 is 1.26 bits per heavy atom. The number of likely N-dealkylation sites (tertiary alicyclic amines) is 1. The molecule has 1 fully saturated rings. The highest BCUT2D eigenvalue weighted by atomic mass is 16.2. The lowest BCUT2D eigenvalue weighted by Gasteiger charge is -2.17. The molecule has 0 bridgehead atoms. The molecule has 1 aliphatic heterocycles. The molecule has 0 aromatic carbocycles. The number of carbonyl (C=O) groups excluding carboxylic acids is 2. The van der Waals surface area contributed by atoms with E-state index in [4.69, 9.17) is 0 Å². The molecule has 1 unspecified atom stereocenters. The fourth-order valence-corrected chi connectivity index (χ4v) is 3.30. The van der Waals surface area contributed by atoms with Crippen LogP contribution >= 0.6 is 0 Å². The summed E-state index contributed by atoms with van der Waals surface area (Å²) < 4.78 is 3.05. The molecule has 8 heteroatoms. The van der Waals surface area contributed by atoms with Crippen molar-refractivity contribution in [3.8, 4) is 0 Å². The van der Waals surface area contributed by atoms with Crippen LogP contribution in [0.5, 0.6) is 0 Å². The van der Waals surface area contributed by atoms with E-state index in [9.17, 15) is 14.4 Å². The second-order valence-corrected chi connectivity index (χ2v) is 6.98. The molecule has 1 aliphatic rings. The summed E-state index contributed by atoms with van der Waals surface area (Å²) in [5.74, 6) is -0.389. The van der Waals surface area contributed by atoms with Gasteiger partial charge in [0.05, 0.1) is 17.8 Å². The van der Waals surface area contributed by atoms with E-state index < -0.39 is 0 Å². The third-order valence-corrected chi connectivity index (χ3v) is 5.10. The van der Waals surface area contributed by atoms with Gasteiger partial charge in [-0.3, -0.25) is 19.1 Å². The predicted octanol–water partition coefficient (Wildman–Crippen LogP) is 1.00. The topological polar surface area (TPSA) is 89.2 Å². The zero-order chi connectivity index (χ0) is 19.6. The normalized spacial score (nSPS) is 15.0. The van der Waals surface area contributed by atoms with Crippen molar-refractivity contribution in [1.29, 1.82) is 0 Å². The minimum atomic E-state index is -0.298. The van der Waals surface area contributed by atoms with Crippen molar-refractivity contribution in [3.63, 3.8) is 0 Å². The van der Waals surface area contributed by atoms with Gasteiger partial charge < -0.3 is 14.8 Å². The van der Waals surface area contributed by atoms with E-state index >= 15 is 0 Å². The van der Waals surface area contributed by atoms with Crippen molar-refractivity contribution in [2.45, 2.75) is 39.3 Å². The number of hydrogen-bond donors (Lipinski definition) is 1. The van der Waals surface area contributed by atoms with Crippen molar-refractivity contribution in [1.82, 2.24) is 24.6 Å². The molecule has 1 saturated heterocycles. The summed E-state index contributed by atoms with van der Waals surface area (Å²) in [4.78, 5) is 38.8. The Bertz CT molecular complexity index is 908. The van der Waals surface area contributed by atoms with Gasteiger partial charge in [-0.25, -0.2) is 0 Å². The van der Waals surface area contributed by atoms with Gasteiger partial charge in [0, 0.05) is 43.7 Å². The molecular formula is C19H25N5O3. The Labute approximate surface area is 157 Å². The lowest BCUT2D eigenvalue weighted by molar-refractivity contribution is -0.130. The van der Waals surface area contributed by atoms with Gasteiger partial charge in [0.25, 0.3) is 11.5 Å². The summed E-state index contributed by atoms with van der Waals surface area (Å²) in [5.41, 5.74) is 1.96. The molecule has 27 heavy (non-hydrogen) atoms. The molecule has 3 heterocycles. The summed E-state index contributed by atoms with van der Waals surface area (Å²) in [5, 5.41) is 7.11. The first-order chi connectivity index (χ1) is 12.9. The van der Waals surface area contributed by atoms with Crippen molar-refractivity contribution in [3.05, 3.63) is 51.7 Å². The standard InChI is InChI=1S/C19H25N5O3/c1-13(16-10-20-22(3)14(16)2)21-19(27)15-6-7-17(25)24(11-15)12-18(26)23-8-4-5-9-23/h6-7,10-11,13H,4-5,8-9,12H2,1-3H3,(H,21,27). The molecule has 8 nitrogen and oxygen atoms in total. The fourth-order valence-electron chi connectivity index (χ4n) is 3.30. The monoisotopic (exact) mass is 371 g/mol. The molecule has 1 atom stereocenters. The number of carbonyl (C=O) groups is 2. The number of aromatic nitrogens is 3. The number of hydrogen-bond acceptors (Lipinski definition) is 4. The second kappa shape index (κ2) is 7.77. The Morgan fingerprint density at radius 3 is 2.59 bits per heavy atom. The first kappa shape index (κ1) is 18.9. The highest BCUT2D eigenvalue weighted by molar-refractivity contribution is 5.94. The van der Waals surface area contributed by atoms with Crippen LogP contribution in [0.25, 0.3) is 0 Å². The highest BCUT2D eigenvalue weighted by Crippen LogP contribution is 2.16. The molecule has 2 aromatic heterocycles. The van der Waals surface area contributed by atoms with E-state index in [1.165, 1.54) is 22.9 Å². The SMILES string of the molecule is Cc1c(C(C)NC(=O)c2ccc(=O)n(CC(=O)N3CCCC3)c2)cnn1C. The third-order valence-electron chi connectivity index (χ3n) is 5.10. The smallest absolute Gasteiger partial charge is 0.253 e. The van der Waals surface area contributed by atoms with Gasteiger partial charge in [0.15, 0.2) is 0 Å². The predicted molar refractivity (Wildman–Crippen MR) is 100 cm³/mol. The van der Waals surface area contributed by atoms with E-state index in [0.29, 0.717) is 5.56 Å². The van der Waals surface area contributed by atoms with Gasteiger partial charge >= 0.3 is 0 Å². The number of rotatable bonds is 5. The zero-order valence-electron chi connectivity index (χ0n) is 15.9. The van der Waals surface area contributed by atoms with Crippen LogP contribution in [0.4, 0.5) is 0 Å². The van der Waals surface area contributed by atoms with E-state index in [1.54, 1.807) is 15.8 Å². The maximum atomic E-state index is 12.6. The first-order valence-electron chi connectivity index (χ1n) is 9.14. The van der Waals surface area contributed by atoms with Crippen LogP contribution in [0.2, 0.25) is 0 Å². The average Bonchev–Trinajstić information content (AvgIpc) is 3.28. The molecule has 1 N–H and O–H groups in total. The first-order valence-corrected chi connectivity index (χ1v) is 9.14. The summed E-state index contributed by atoms with van der Waals surface area (Å²) in [6.07, 6.45) is 5.17. The van der Waals surface area contributed by atoms with Crippen LogP contribution in [-0.2, 0) is 18.4 Å². The van der Waals surface area contributed by atoms with E-state index in [0.717, 1.165) is 37.2 Å². The number of pyridine rings is 1.